The molecular formula is C9H18FN. The number of alkyl halides is 1. The normalized spacial score (nSPS) is 42.0. The smallest absolute Gasteiger partial charge is 0.116 e. The first kappa shape index (κ1) is 8.98. The fraction of sp³-hybridized carbons (Fsp3) is 1.00. The summed E-state index contributed by atoms with van der Waals surface area (Å²) < 4.78 is 12.8. The molecule has 1 nitrogen and oxygen atoms in total. The summed E-state index contributed by atoms with van der Waals surface area (Å²) in [4.78, 5) is 2.15. The first-order valence-corrected chi connectivity index (χ1v) is 4.61. The van der Waals surface area contributed by atoms with Crippen molar-refractivity contribution in [3.63, 3.8) is 0 Å². The van der Waals surface area contributed by atoms with E-state index in [9.17, 15) is 4.39 Å². The van der Waals surface area contributed by atoms with Gasteiger partial charge in [-0.1, -0.05) is 13.8 Å². The molecule has 2 rings (SSSR count). The lowest BCUT2D eigenvalue weighted by Gasteiger charge is -2.24. The zero-order valence-corrected chi connectivity index (χ0v) is 7.68. The summed E-state index contributed by atoms with van der Waals surface area (Å²) in [6, 6.07) is 0.273. The number of hydrogen-bond acceptors (Lipinski definition) is 1. The molecule has 1 aliphatic carbocycles. The predicted octanol–water partition coefficient (Wildman–Crippen LogP) is 2.07. The van der Waals surface area contributed by atoms with E-state index in [1.165, 1.54) is 0 Å². The lowest BCUT2D eigenvalue weighted by atomic mass is 10.1. The Kier molecular flexibility index (Phi) is 2.88. The lowest BCUT2D eigenvalue weighted by Crippen LogP contribution is -2.35. The Morgan fingerprint density at radius 2 is 1.91 bits per heavy atom. The van der Waals surface area contributed by atoms with Crippen LogP contribution in [0, 0.1) is 5.92 Å². The van der Waals surface area contributed by atoms with Crippen LogP contribution in [0.4, 0.5) is 4.39 Å². The van der Waals surface area contributed by atoms with E-state index in [-0.39, 0.29) is 6.04 Å². The van der Waals surface area contributed by atoms with Crippen LogP contribution in [-0.4, -0.2) is 30.7 Å². The van der Waals surface area contributed by atoms with Gasteiger partial charge in [0.25, 0.3) is 0 Å². The Bertz CT molecular complexity index is 115. The summed E-state index contributed by atoms with van der Waals surface area (Å²) in [5, 5.41) is 0. The van der Waals surface area contributed by atoms with Crippen LogP contribution in [0.5, 0.6) is 0 Å². The topological polar surface area (TPSA) is 3.24 Å². The zero-order chi connectivity index (χ0) is 8.43. The van der Waals surface area contributed by atoms with Crippen LogP contribution in [0.25, 0.3) is 0 Å². The van der Waals surface area contributed by atoms with Crippen molar-refractivity contribution in [1.29, 1.82) is 0 Å². The van der Waals surface area contributed by atoms with Crippen molar-refractivity contribution in [1.82, 2.24) is 4.90 Å². The van der Waals surface area contributed by atoms with Crippen molar-refractivity contribution in [3.8, 4) is 0 Å². The van der Waals surface area contributed by atoms with E-state index in [0.29, 0.717) is 5.92 Å². The van der Waals surface area contributed by atoms with Gasteiger partial charge in [0.15, 0.2) is 0 Å². The molecule has 1 heterocycles. The van der Waals surface area contributed by atoms with Gasteiger partial charge in [-0.05, 0) is 25.8 Å². The van der Waals surface area contributed by atoms with E-state index in [2.05, 4.69) is 4.90 Å². The summed E-state index contributed by atoms with van der Waals surface area (Å²) in [6.45, 7) is 5.13. The van der Waals surface area contributed by atoms with Crippen LogP contribution in [0.3, 0.4) is 0 Å². The zero-order valence-electron chi connectivity index (χ0n) is 7.68. The van der Waals surface area contributed by atoms with E-state index in [0.717, 1.165) is 19.4 Å². The molecule has 0 aromatic rings. The number of halogens is 1. The van der Waals surface area contributed by atoms with E-state index >= 15 is 0 Å². The molecule has 2 aliphatic rings. The molecule has 0 aromatic carbocycles. The van der Waals surface area contributed by atoms with Crippen LogP contribution in [-0.2, 0) is 0 Å². The number of nitrogens with zero attached hydrogens (tertiary/aromatic N) is 1. The van der Waals surface area contributed by atoms with Gasteiger partial charge in [-0.2, -0.15) is 0 Å². The molecule has 3 atom stereocenters. The molecule has 11 heavy (non-hydrogen) atoms. The van der Waals surface area contributed by atoms with Crippen LogP contribution in [0.1, 0.15) is 26.7 Å². The minimum absolute atomic E-state index is 0.273. The molecule has 2 heteroatoms. The van der Waals surface area contributed by atoms with Gasteiger partial charge >= 0.3 is 0 Å². The van der Waals surface area contributed by atoms with Crippen LogP contribution in [0.2, 0.25) is 0 Å². The minimum Gasteiger partial charge on any atom is -0.300 e. The quantitative estimate of drug-likeness (QED) is 0.523. The van der Waals surface area contributed by atoms with Crippen LogP contribution >= 0.6 is 0 Å². The molecule has 1 saturated carbocycles. The van der Waals surface area contributed by atoms with E-state index in [1.807, 2.05) is 20.9 Å². The highest BCUT2D eigenvalue weighted by atomic mass is 19.1. The molecule has 1 aliphatic heterocycles. The number of piperidine rings is 1. The van der Waals surface area contributed by atoms with Crippen molar-refractivity contribution in [2.75, 3.05) is 13.6 Å². The highest BCUT2D eigenvalue weighted by molar-refractivity contribution is 4.96. The maximum atomic E-state index is 12.8. The maximum Gasteiger partial charge on any atom is 0.116 e. The summed E-state index contributed by atoms with van der Waals surface area (Å²) in [5.74, 6) is 0.676. The molecule has 0 spiro atoms. The van der Waals surface area contributed by atoms with Gasteiger partial charge in [0.1, 0.15) is 6.17 Å². The van der Waals surface area contributed by atoms with Crippen molar-refractivity contribution >= 4 is 0 Å². The Labute approximate surface area is 68.6 Å². The van der Waals surface area contributed by atoms with Crippen molar-refractivity contribution < 1.29 is 4.39 Å². The third-order valence-corrected chi connectivity index (χ3v) is 2.66. The lowest BCUT2D eigenvalue weighted by molar-refractivity contribution is 0.148. The minimum atomic E-state index is -0.520. The predicted molar refractivity (Wildman–Crippen MR) is 45.4 cm³/mol. The summed E-state index contributed by atoms with van der Waals surface area (Å²) in [6.07, 6.45) is 1.42. The molecule has 0 N–H and O–H groups in total. The first-order valence-electron chi connectivity index (χ1n) is 4.61. The number of rotatable bonds is 0. The Balaban J connectivity index is 0.000000281. The van der Waals surface area contributed by atoms with Crippen molar-refractivity contribution in [2.24, 2.45) is 5.92 Å². The van der Waals surface area contributed by atoms with Crippen molar-refractivity contribution in [3.05, 3.63) is 0 Å². The van der Waals surface area contributed by atoms with E-state index < -0.39 is 6.17 Å². The molecule has 1 saturated heterocycles. The Hall–Kier alpha value is -0.110. The highest BCUT2D eigenvalue weighted by Crippen LogP contribution is 2.38. The monoisotopic (exact) mass is 159 g/mol. The second-order valence-electron chi connectivity index (χ2n) is 3.36. The van der Waals surface area contributed by atoms with Gasteiger partial charge < -0.3 is 4.90 Å². The Morgan fingerprint density at radius 1 is 1.27 bits per heavy atom. The molecule has 3 unspecified atom stereocenters. The maximum absolute atomic E-state index is 12.8. The van der Waals surface area contributed by atoms with Gasteiger partial charge in [-0.15, -0.1) is 0 Å². The largest absolute Gasteiger partial charge is 0.300 e. The van der Waals surface area contributed by atoms with Gasteiger partial charge in [0.2, 0.25) is 0 Å². The molecule has 0 aromatic heterocycles. The fourth-order valence-corrected chi connectivity index (χ4v) is 2.21. The fourth-order valence-electron chi connectivity index (χ4n) is 2.21. The van der Waals surface area contributed by atoms with Crippen LogP contribution < -0.4 is 0 Å². The first-order chi connectivity index (χ1) is 5.27. The summed E-state index contributed by atoms with van der Waals surface area (Å²) >= 11 is 0. The number of fused-ring (bicyclic) bond motifs is 2. The molecule has 2 fully saturated rings. The highest BCUT2D eigenvalue weighted by Gasteiger charge is 2.43. The average Bonchev–Trinajstić information content (AvgIpc) is 2.49. The summed E-state index contributed by atoms with van der Waals surface area (Å²) in [7, 11) is 2.02. The SMILES string of the molecule is CC.CN1CC2CC(F)C1C2. The Morgan fingerprint density at radius 3 is 2.18 bits per heavy atom. The van der Waals surface area contributed by atoms with Gasteiger partial charge in [0, 0.05) is 12.6 Å². The number of hydrogen-bond donors (Lipinski definition) is 0. The van der Waals surface area contributed by atoms with Gasteiger partial charge in [0.05, 0.1) is 0 Å². The second kappa shape index (κ2) is 3.53. The molecular weight excluding hydrogens is 141 g/mol. The van der Waals surface area contributed by atoms with Crippen LogP contribution in [0.15, 0.2) is 0 Å². The second-order valence-corrected chi connectivity index (χ2v) is 3.36. The molecule has 2 bridgehead atoms. The molecule has 0 radical (unpaired) electrons. The van der Waals surface area contributed by atoms with Gasteiger partial charge in [-0.25, -0.2) is 4.39 Å². The van der Waals surface area contributed by atoms with E-state index in [1.54, 1.807) is 0 Å². The number of likely N-dealkylation sites (tertiary alicyclic amines) is 1. The summed E-state index contributed by atoms with van der Waals surface area (Å²) in [5.41, 5.74) is 0. The average molecular weight is 159 g/mol. The molecule has 0 amide bonds. The molecule has 66 valence electrons. The van der Waals surface area contributed by atoms with E-state index in [4.69, 9.17) is 0 Å². The van der Waals surface area contributed by atoms with Gasteiger partial charge in [-0.3, -0.25) is 0 Å². The third-order valence-electron chi connectivity index (χ3n) is 2.66. The third kappa shape index (κ3) is 1.56. The van der Waals surface area contributed by atoms with Crippen molar-refractivity contribution in [2.45, 2.75) is 38.9 Å². The standard InChI is InChI=1S/C7H12FN.C2H6/c1-9-4-5-2-6(8)7(9)3-5;1-2/h5-7H,2-4H2,1H3;1-2H3.